The molecule has 72 valence electrons. The lowest BCUT2D eigenvalue weighted by Gasteiger charge is -2.20. The Morgan fingerprint density at radius 1 is 1.46 bits per heavy atom. The molecule has 0 fully saturated rings. The molecule has 1 atom stereocenters. The Bertz CT molecular complexity index is 293. The summed E-state index contributed by atoms with van der Waals surface area (Å²) in [6, 6.07) is 0. The van der Waals surface area contributed by atoms with E-state index < -0.39 is 0 Å². The molecule has 1 aliphatic rings. The summed E-state index contributed by atoms with van der Waals surface area (Å²) in [6.07, 6.45) is 2.11. The van der Waals surface area contributed by atoms with Gasteiger partial charge in [0.2, 0.25) is 0 Å². The van der Waals surface area contributed by atoms with E-state index in [-0.39, 0.29) is 0 Å². The second-order valence-corrected chi connectivity index (χ2v) is 3.47. The molecule has 0 aromatic carbocycles. The smallest absolute Gasteiger partial charge is 0.164 e. The van der Waals surface area contributed by atoms with Crippen LogP contribution >= 0.6 is 0 Å². The summed E-state index contributed by atoms with van der Waals surface area (Å²) in [7, 11) is 0. The van der Waals surface area contributed by atoms with E-state index in [2.05, 4.69) is 10.1 Å². The van der Waals surface area contributed by atoms with Gasteiger partial charge in [-0.3, -0.25) is 0 Å². The first-order valence-corrected chi connectivity index (χ1v) is 4.66. The van der Waals surface area contributed by atoms with E-state index in [0.717, 1.165) is 37.6 Å². The normalized spacial score (nSPS) is 21.5. The molecule has 13 heavy (non-hydrogen) atoms. The van der Waals surface area contributed by atoms with Gasteiger partial charge in [-0.2, -0.15) is 5.10 Å². The van der Waals surface area contributed by atoms with Crippen LogP contribution in [-0.2, 0) is 19.5 Å². The molecule has 0 bridgehead atoms. The van der Waals surface area contributed by atoms with Crippen molar-refractivity contribution in [3.8, 4) is 0 Å². The number of rotatable bonds is 2. The fraction of sp³-hybridized carbons (Fsp3) is 0.750. The number of hydrogen-bond donors (Lipinski definition) is 2. The average molecular weight is 181 g/mol. The van der Waals surface area contributed by atoms with Crippen LogP contribution in [0.15, 0.2) is 0 Å². The molecule has 0 aliphatic carbocycles. The zero-order valence-electron chi connectivity index (χ0n) is 7.61. The van der Waals surface area contributed by atoms with Crippen molar-refractivity contribution < 1.29 is 0 Å². The zero-order chi connectivity index (χ0) is 9.26. The van der Waals surface area contributed by atoms with Crippen molar-refractivity contribution in [2.45, 2.75) is 25.9 Å². The number of hydrogen-bond acceptors (Lipinski definition) is 4. The largest absolute Gasteiger partial charge is 0.330 e. The van der Waals surface area contributed by atoms with E-state index in [4.69, 9.17) is 11.5 Å². The number of aryl methyl sites for hydroxylation is 1. The maximum atomic E-state index is 5.61. The Morgan fingerprint density at radius 2 is 2.31 bits per heavy atom. The number of nitrogens with two attached hydrogens (primary N) is 2. The third-order valence-corrected chi connectivity index (χ3v) is 2.52. The van der Waals surface area contributed by atoms with Gasteiger partial charge in [-0.25, -0.2) is 9.67 Å². The molecule has 1 unspecified atom stereocenters. The van der Waals surface area contributed by atoms with Crippen molar-refractivity contribution in [1.29, 1.82) is 0 Å². The van der Waals surface area contributed by atoms with Gasteiger partial charge in [0.25, 0.3) is 0 Å². The third-order valence-electron chi connectivity index (χ3n) is 2.52. The van der Waals surface area contributed by atoms with Crippen molar-refractivity contribution in [3.63, 3.8) is 0 Å². The van der Waals surface area contributed by atoms with Crippen LogP contribution in [0.25, 0.3) is 0 Å². The van der Waals surface area contributed by atoms with Crippen LogP contribution in [0.5, 0.6) is 0 Å². The predicted molar refractivity (Wildman–Crippen MR) is 48.8 cm³/mol. The summed E-state index contributed by atoms with van der Waals surface area (Å²) >= 11 is 0. The molecule has 5 nitrogen and oxygen atoms in total. The van der Waals surface area contributed by atoms with E-state index >= 15 is 0 Å². The molecule has 0 saturated carbocycles. The van der Waals surface area contributed by atoms with Gasteiger partial charge in [0.05, 0.1) is 6.54 Å². The van der Waals surface area contributed by atoms with Crippen molar-refractivity contribution in [2.24, 2.45) is 17.4 Å². The van der Waals surface area contributed by atoms with Gasteiger partial charge < -0.3 is 11.5 Å². The Balaban J connectivity index is 2.19. The molecule has 0 spiro atoms. The summed E-state index contributed by atoms with van der Waals surface area (Å²) in [5.74, 6) is 2.36. The van der Waals surface area contributed by atoms with E-state index in [1.54, 1.807) is 0 Å². The fourth-order valence-electron chi connectivity index (χ4n) is 1.71. The molecule has 2 rings (SSSR count). The minimum Gasteiger partial charge on any atom is -0.330 e. The summed E-state index contributed by atoms with van der Waals surface area (Å²) in [5, 5.41) is 4.29. The van der Waals surface area contributed by atoms with Gasteiger partial charge in [0.15, 0.2) is 5.82 Å². The second-order valence-electron chi connectivity index (χ2n) is 3.47. The van der Waals surface area contributed by atoms with Crippen molar-refractivity contribution in [1.82, 2.24) is 14.8 Å². The molecule has 1 aliphatic heterocycles. The Labute approximate surface area is 77.1 Å². The number of aromatic nitrogens is 3. The van der Waals surface area contributed by atoms with Gasteiger partial charge in [-0.05, 0) is 18.9 Å². The second kappa shape index (κ2) is 3.43. The SMILES string of the molecule is NCc1nc2n(n1)CC(CN)CC2. The van der Waals surface area contributed by atoms with Crippen molar-refractivity contribution in [2.75, 3.05) is 6.54 Å². The first-order valence-electron chi connectivity index (χ1n) is 4.66. The third kappa shape index (κ3) is 1.57. The fourth-order valence-corrected chi connectivity index (χ4v) is 1.71. The van der Waals surface area contributed by atoms with Crippen molar-refractivity contribution in [3.05, 3.63) is 11.6 Å². The zero-order valence-corrected chi connectivity index (χ0v) is 7.61. The maximum Gasteiger partial charge on any atom is 0.164 e. The van der Waals surface area contributed by atoms with Gasteiger partial charge in [0.1, 0.15) is 5.82 Å². The molecule has 0 saturated heterocycles. The molecular formula is C8H15N5. The first kappa shape index (κ1) is 8.65. The van der Waals surface area contributed by atoms with Crippen LogP contribution in [0, 0.1) is 5.92 Å². The van der Waals surface area contributed by atoms with Crippen molar-refractivity contribution >= 4 is 0 Å². The van der Waals surface area contributed by atoms with E-state index in [0.29, 0.717) is 12.5 Å². The van der Waals surface area contributed by atoms with E-state index in [1.807, 2.05) is 4.68 Å². The van der Waals surface area contributed by atoms with Gasteiger partial charge in [-0.1, -0.05) is 0 Å². The van der Waals surface area contributed by atoms with Crippen LogP contribution in [0.2, 0.25) is 0 Å². The number of fused-ring (bicyclic) bond motifs is 1. The minimum absolute atomic E-state index is 0.424. The van der Waals surface area contributed by atoms with Gasteiger partial charge in [-0.15, -0.1) is 0 Å². The molecule has 4 N–H and O–H groups in total. The Kier molecular flexibility index (Phi) is 2.28. The van der Waals surface area contributed by atoms with Crippen LogP contribution in [0.4, 0.5) is 0 Å². The van der Waals surface area contributed by atoms with Crippen LogP contribution in [0.3, 0.4) is 0 Å². The van der Waals surface area contributed by atoms with E-state index in [9.17, 15) is 0 Å². The van der Waals surface area contributed by atoms with Crippen LogP contribution in [0.1, 0.15) is 18.1 Å². The molecular weight excluding hydrogens is 166 g/mol. The average Bonchev–Trinajstić information content (AvgIpc) is 2.58. The summed E-state index contributed by atoms with van der Waals surface area (Å²) < 4.78 is 1.95. The molecule has 5 heteroatoms. The van der Waals surface area contributed by atoms with E-state index in [1.165, 1.54) is 0 Å². The topological polar surface area (TPSA) is 82.8 Å². The predicted octanol–water partition coefficient (Wildman–Crippen LogP) is -0.742. The molecule has 2 heterocycles. The quantitative estimate of drug-likeness (QED) is 0.629. The van der Waals surface area contributed by atoms with Crippen LogP contribution in [-0.4, -0.2) is 21.3 Å². The monoisotopic (exact) mass is 181 g/mol. The Hall–Kier alpha value is -0.940. The number of nitrogens with zero attached hydrogens (tertiary/aromatic N) is 3. The maximum absolute atomic E-state index is 5.61. The molecule has 0 radical (unpaired) electrons. The minimum atomic E-state index is 0.424. The lowest BCUT2D eigenvalue weighted by molar-refractivity contribution is 0.349. The highest BCUT2D eigenvalue weighted by Crippen LogP contribution is 2.16. The molecule has 1 aromatic heterocycles. The summed E-state index contributed by atoms with van der Waals surface area (Å²) in [5.41, 5.74) is 11.1. The standard InChI is InChI=1S/C8H15N5/c9-3-6-1-2-8-11-7(4-10)12-13(8)5-6/h6H,1-5,9-10H2. The van der Waals surface area contributed by atoms with Crippen LogP contribution < -0.4 is 11.5 Å². The lowest BCUT2D eigenvalue weighted by Crippen LogP contribution is -2.27. The van der Waals surface area contributed by atoms with Gasteiger partial charge >= 0.3 is 0 Å². The summed E-state index contributed by atoms with van der Waals surface area (Å²) in [4.78, 5) is 4.32. The lowest BCUT2D eigenvalue weighted by atomic mass is 10.0. The highest BCUT2D eigenvalue weighted by Gasteiger charge is 2.19. The molecule has 1 aromatic rings. The highest BCUT2D eigenvalue weighted by molar-refractivity contribution is 4.96. The van der Waals surface area contributed by atoms with Gasteiger partial charge in [0, 0.05) is 13.0 Å². The Morgan fingerprint density at radius 3 is 3.00 bits per heavy atom. The first-order chi connectivity index (χ1) is 6.33. The molecule has 0 amide bonds. The highest BCUT2D eigenvalue weighted by atomic mass is 15.4. The summed E-state index contributed by atoms with van der Waals surface area (Å²) in [6.45, 7) is 2.06.